The molecule has 0 unspecified atom stereocenters. The molecule has 0 aliphatic heterocycles. The van der Waals surface area contributed by atoms with Gasteiger partial charge in [-0.05, 0) is 48.2 Å². The summed E-state index contributed by atoms with van der Waals surface area (Å²) in [7, 11) is 1.90. The Hall–Kier alpha value is -4.17. The number of nitrogens with one attached hydrogen (secondary N) is 1. The minimum absolute atomic E-state index is 0.218. The van der Waals surface area contributed by atoms with Crippen LogP contribution in [0.25, 0.3) is 16.9 Å². The summed E-state index contributed by atoms with van der Waals surface area (Å²) in [4.78, 5) is 14.3. The minimum Gasteiger partial charge on any atom is -0.322 e. The molecule has 0 aliphatic rings. The van der Waals surface area contributed by atoms with Crippen LogP contribution in [0.15, 0.2) is 108 Å². The van der Waals surface area contributed by atoms with Crippen molar-refractivity contribution in [2.24, 2.45) is 7.05 Å². The summed E-state index contributed by atoms with van der Waals surface area (Å²) in [5.41, 5.74) is 3.61. The molecule has 5 rings (SSSR count). The average Bonchev–Trinajstić information content (AvgIpc) is 3.48. The van der Waals surface area contributed by atoms with Crippen LogP contribution in [-0.2, 0) is 7.05 Å². The van der Waals surface area contributed by atoms with Crippen molar-refractivity contribution in [3.63, 3.8) is 0 Å². The van der Waals surface area contributed by atoms with Crippen LogP contribution in [0.3, 0.4) is 0 Å². The van der Waals surface area contributed by atoms with E-state index < -0.39 is 0 Å². The van der Waals surface area contributed by atoms with Gasteiger partial charge in [-0.1, -0.05) is 48.5 Å². The molecule has 0 saturated carbocycles. The van der Waals surface area contributed by atoms with E-state index in [1.165, 1.54) is 11.8 Å². The van der Waals surface area contributed by atoms with Crippen molar-refractivity contribution in [3.8, 4) is 16.9 Å². The number of rotatable bonds is 6. The number of carbonyl (C=O) groups excluding carboxylic acids is 1. The summed E-state index contributed by atoms with van der Waals surface area (Å²) < 4.78 is 3.59. The normalized spacial score (nSPS) is 10.8. The molecule has 0 bridgehead atoms. The Morgan fingerprint density at radius 2 is 1.61 bits per heavy atom. The third kappa shape index (κ3) is 4.56. The number of anilines is 1. The van der Waals surface area contributed by atoms with Crippen molar-refractivity contribution >= 4 is 23.4 Å². The summed E-state index contributed by atoms with van der Waals surface area (Å²) in [6.45, 7) is 0. The molecule has 1 amide bonds. The molecule has 33 heavy (non-hydrogen) atoms. The third-order valence-electron chi connectivity index (χ3n) is 5.02. The van der Waals surface area contributed by atoms with Crippen LogP contribution in [0.5, 0.6) is 0 Å². The van der Waals surface area contributed by atoms with E-state index in [4.69, 9.17) is 5.10 Å². The summed E-state index contributed by atoms with van der Waals surface area (Å²) >= 11 is 1.51. The van der Waals surface area contributed by atoms with Crippen LogP contribution in [0.4, 0.5) is 5.69 Å². The molecule has 7 nitrogen and oxygen atoms in total. The number of aryl methyl sites for hydroxylation is 1. The molecular formula is C25H20N6OS. The highest BCUT2D eigenvalue weighted by atomic mass is 32.2. The highest BCUT2D eigenvalue weighted by Gasteiger charge is 2.19. The lowest BCUT2D eigenvalue weighted by Crippen LogP contribution is -2.12. The van der Waals surface area contributed by atoms with E-state index in [1.54, 1.807) is 17.2 Å². The van der Waals surface area contributed by atoms with Crippen molar-refractivity contribution < 1.29 is 4.79 Å². The van der Waals surface area contributed by atoms with E-state index in [1.807, 2.05) is 96.5 Å². The van der Waals surface area contributed by atoms with E-state index in [0.29, 0.717) is 16.9 Å². The van der Waals surface area contributed by atoms with Crippen LogP contribution in [0.1, 0.15) is 10.4 Å². The Bertz CT molecular complexity index is 1380. The molecule has 2 aromatic heterocycles. The molecule has 3 aromatic carbocycles. The number of amides is 1. The molecule has 0 saturated heterocycles. The maximum Gasteiger partial charge on any atom is 0.259 e. The lowest BCUT2D eigenvalue weighted by atomic mass is 10.1. The van der Waals surface area contributed by atoms with Gasteiger partial charge in [0, 0.05) is 29.4 Å². The van der Waals surface area contributed by atoms with Gasteiger partial charge in [0.1, 0.15) is 12.0 Å². The largest absolute Gasteiger partial charge is 0.322 e. The molecule has 0 radical (unpaired) electrons. The summed E-state index contributed by atoms with van der Waals surface area (Å²) in [6.07, 6.45) is 3.43. The molecule has 1 N–H and O–H groups in total. The Morgan fingerprint density at radius 1 is 0.909 bits per heavy atom. The summed E-state index contributed by atoms with van der Waals surface area (Å²) in [6, 6.07) is 27.1. The van der Waals surface area contributed by atoms with Crippen molar-refractivity contribution in [1.82, 2.24) is 24.5 Å². The molecule has 8 heteroatoms. The first-order chi connectivity index (χ1) is 16.2. The maximum absolute atomic E-state index is 13.2. The van der Waals surface area contributed by atoms with Gasteiger partial charge in [-0.2, -0.15) is 5.10 Å². The topological polar surface area (TPSA) is 77.6 Å². The first kappa shape index (κ1) is 20.7. The van der Waals surface area contributed by atoms with Crippen molar-refractivity contribution in [2.45, 2.75) is 10.1 Å². The Kier molecular flexibility index (Phi) is 5.73. The predicted octanol–water partition coefficient (Wildman–Crippen LogP) is 5.07. The minimum atomic E-state index is -0.218. The molecule has 0 fully saturated rings. The van der Waals surface area contributed by atoms with Gasteiger partial charge in [-0.3, -0.25) is 4.79 Å². The number of aromatic nitrogens is 5. The van der Waals surface area contributed by atoms with E-state index in [2.05, 4.69) is 15.5 Å². The van der Waals surface area contributed by atoms with Gasteiger partial charge in [-0.25, -0.2) is 4.68 Å². The quantitative estimate of drug-likeness (QED) is 0.389. The zero-order valence-electron chi connectivity index (χ0n) is 17.8. The van der Waals surface area contributed by atoms with Gasteiger partial charge in [-0.15, -0.1) is 10.2 Å². The highest BCUT2D eigenvalue weighted by Crippen LogP contribution is 2.28. The molecule has 0 atom stereocenters. The lowest BCUT2D eigenvalue weighted by Gasteiger charge is -2.07. The van der Waals surface area contributed by atoms with Crippen molar-refractivity contribution in [2.75, 3.05) is 5.32 Å². The lowest BCUT2D eigenvalue weighted by molar-refractivity contribution is 0.102. The third-order valence-corrected chi connectivity index (χ3v) is 6.08. The SMILES string of the molecule is Cn1cnnc1Sc1ccc(NC(=O)c2cn(-c3ccccc3)nc2-c2ccccc2)cc1. The summed E-state index contributed by atoms with van der Waals surface area (Å²) in [5.74, 6) is -0.218. The second-order valence-corrected chi connectivity index (χ2v) is 8.38. The molecule has 0 aliphatic carbocycles. The first-order valence-electron chi connectivity index (χ1n) is 10.3. The van der Waals surface area contributed by atoms with E-state index >= 15 is 0 Å². The molecule has 0 spiro atoms. The number of carbonyl (C=O) groups is 1. The number of hydrogen-bond acceptors (Lipinski definition) is 5. The Balaban J connectivity index is 1.41. The van der Waals surface area contributed by atoms with E-state index in [9.17, 15) is 4.79 Å². The van der Waals surface area contributed by atoms with Crippen LogP contribution in [-0.4, -0.2) is 30.5 Å². The van der Waals surface area contributed by atoms with Crippen LogP contribution < -0.4 is 5.32 Å². The first-order valence-corrected chi connectivity index (χ1v) is 11.1. The average molecular weight is 453 g/mol. The van der Waals surface area contributed by atoms with E-state index in [0.717, 1.165) is 21.3 Å². The van der Waals surface area contributed by atoms with Gasteiger partial charge >= 0.3 is 0 Å². The van der Waals surface area contributed by atoms with E-state index in [-0.39, 0.29) is 5.91 Å². The number of benzene rings is 3. The van der Waals surface area contributed by atoms with Gasteiger partial charge in [0.05, 0.1) is 11.3 Å². The van der Waals surface area contributed by atoms with Crippen molar-refractivity contribution in [3.05, 3.63) is 103 Å². The van der Waals surface area contributed by atoms with Gasteiger partial charge in [0.15, 0.2) is 5.16 Å². The molecular weight excluding hydrogens is 432 g/mol. The van der Waals surface area contributed by atoms with Crippen molar-refractivity contribution in [1.29, 1.82) is 0 Å². The fourth-order valence-corrected chi connectivity index (χ4v) is 4.10. The fraction of sp³-hybridized carbons (Fsp3) is 0.0400. The Morgan fingerprint density at radius 3 is 2.27 bits per heavy atom. The van der Waals surface area contributed by atoms with Gasteiger partial charge in [0.2, 0.25) is 0 Å². The molecule has 162 valence electrons. The molecule has 5 aromatic rings. The monoisotopic (exact) mass is 452 g/mol. The van der Waals surface area contributed by atoms with Crippen LogP contribution >= 0.6 is 11.8 Å². The fourth-order valence-electron chi connectivity index (χ4n) is 3.34. The standard InChI is InChI=1S/C25H20N6OS/c1-30-17-26-28-25(30)33-21-14-12-19(13-15-21)27-24(32)22-16-31(20-10-6-3-7-11-20)29-23(22)18-8-4-2-5-9-18/h2-17H,1H3,(H,27,32). The number of nitrogens with zero attached hydrogens (tertiary/aromatic N) is 5. The molecule has 2 heterocycles. The van der Waals surface area contributed by atoms with Gasteiger partial charge < -0.3 is 9.88 Å². The number of hydrogen-bond donors (Lipinski definition) is 1. The smallest absolute Gasteiger partial charge is 0.259 e. The second kappa shape index (κ2) is 9.13. The second-order valence-electron chi connectivity index (χ2n) is 7.34. The summed E-state index contributed by atoms with van der Waals surface area (Å²) in [5, 5.41) is 16.5. The zero-order valence-corrected chi connectivity index (χ0v) is 18.6. The van der Waals surface area contributed by atoms with Gasteiger partial charge in [0.25, 0.3) is 5.91 Å². The highest BCUT2D eigenvalue weighted by molar-refractivity contribution is 7.99. The maximum atomic E-state index is 13.2. The zero-order chi connectivity index (χ0) is 22.6. The van der Waals surface area contributed by atoms with Crippen LogP contribution in [0.2, 0.25) is 0 Å². The Labute approximate surface area is 195 Å². The number of para-hydroxylation sites is 1. The van der Waals surface area contributed by atoms with Crippen LogP contribution in [0, 0.1) is 0 Å². The predicted molar refractivity (Wildman–Crippen MR) is 129 cm³/mol.